The Bertz CT molecular complexity index is 401. The van der Waals surface area contributed by atoms with E-state index in [4.69, 9.17) is 10.5 Å². The fourth-order valence-corrected chi connectivity index (χ4v) is 2.48. The minimum atomic E-state index is -0.331. The second-order valence-corrected chi connectivity index (χ2v) is 5.82. The second-order valence-electron chi connectivity index (χ2n) is 5.38. The summed E-state index contributed by atoms with van der Waals surface area (Å²) in [6, 6.07) is 0. The van der Waals surface area contributed by atoms with Crippen LogP contribution in [0, 0.1) is 11.8 Å². The molecule has 0 aliphatic heterocycles. The number of thiocarbonyl (C=S) groups is 1. The fourth-order valence-electron chi connectivity index (χ4n) is 2.37. The molecule has 5 nitrogen and oxygen atoms in total. The Labute approximate surface area is 124 Å². The van der Waals surface area contributed by atoms with Crippen molar-refractivity contribution in [2.75, 3.05) is 6.61 Å². The second kappa shape index (κ2) is 7.99. The van der Waals surface area contributed by atoms with Crippen molar-refractivity contribution in [1.82, 2.24) is 5.32 Å². The number of amides is 1. The highest BCUT2D eigenvalue weighted by molar-refractivity contribution is 7.80. The van der Waals surface area contributed by atoms with Crippen LogP contribution in [0.5, 0.6) is 0 Å². The molecule has 1 aliphatic rings. The summed E-state index contributed by atoms with van der Waals surface area (Å²) < 4.78 is 5.16. The van der Waals surface area contributed by atoms with Gasteiger partial charge in [0.1, 0.15) is 0 Å². The lowest BCUT2D eigenvalue weighted by Crippen LogP contribution is -2.36. The van der Waals surface area contributed by atoms with Gasteiger partial charge in [-0.05, 0) is 56.7 Å². The van der Waals surface area contributed by atoms with Gasteiger partial charge < -0.3 is 15.8 Å². The first-order chi connectivity index (χ1) is 9.38. The standard InChI is InChI=1S/C14H22N2O3S/c1-9(2)13(18)19-8-11-5-3-10(4-6-11)7-12(17)16-14(15)20/h10-11H,1,3-8H2,2H3,(H3,15,16,17,20). The predicted octanol–water partition coefficient (Wildman–Crippen LogP) is 1.66. The van der Waals surface area contributed by atoms with Crippen molar-refractivity contribution in [3.63, 3.8) is 0 Å². The smallest absolute Gasteiger partial charge is 0.333 e. The monoisotopic (exact) mass is 298 g/mol. The van der Waals surface area contributed by atoms with E-state index in [1.54, 1.807) is 6.92 Å². The first kappa shape index (κ1) is 16.6. The van der Waals surface area contributed by atoms with Gasteiger partial charge in [0.05, 0.1) is 6.61 Å². The van der Waals surface area contributed by atoms with E-state index < -0.39 is 0 Å². The number of hydrogen-bond donors (Lipinski definition) is 2. The Morgan fingerprint density at radius 2 is 1.85 bits per heavy atom. The molecule has 0 saturated heterocycles. The van der Waals surface area contributed by atoms with Crippen molar-refractivity contribution < 1.29 is 14.3 Å². The predicted molar refractivity (Wildman–Crippen MR) is 80.8 cm³/mol. The maximum Gasteiger partial charge on any atom is 0.333 e. The molecule has 0 atom stereocenters. The fraction of sp³-hybridized carbons (Fsp3) is 0.643. The number of hydrogen-bond acceptors (Lipinski definition) is 4. The molecule has 0 spiro atoms. The number of carbonyl (C=O) groups is 2. The zero-order valence-electron chi connectivity index (χ0n) is 11.8. The van der Waals surface area contributed by atoms with Gasteiger partial charge in [-0.1, -0.05) is 6.58 Å². The third-order valence-corrected chi connectivity index (χ3v) is 3.60. The number of rotatable bonds is 5. The molecule has 20 heavy (non-hydrogen) atoms. The third kappa shape index (κ3) is 6.14. The summed E-state index contributed by atoms with van der Waals surface area (Å²) in [6.45, 7) is 5.63. The summed E-state index contributed by atoms with van der Waals surface area (Å²) in [7, 11) is 0. The molecular weight excluding hydrogens is 276 g/mol. The number of nitrogens with one attached hydrogen (secondary N) is 1. The molecule has 1 rings (SSSR count). The van der Waals surface area contributed by atoms with Crippen LogP contribution in [0.25, 0.3) is 0 Å². The van der Waals surface area contributed by atoms with Crippen molar-refractivity contribution >= 4 is 29.2 Å². The summed E-state index contributed by atoms with van der Waals surface area (Å²) >= 11 is 4.63. The lowest BCUT2D eigenvalue weighted by atomic mass is 9.81. The van der Waals surface area contributed by atoms with Crippen LogP contribution in [0.4, 0.5) is 0 Å². The van der Waals surface area contributed by atoms with Crippen LogP contribution >= 0.6 is 12.2 Å². The number of nitrogens with two attached hydrogens (primary N) is 1. The molecule has 0 aromatic heterocycles. The maximum absolute atomic E-state index is 11.5. The summed E-state index contributed by atoms with van der Waals surface area (Å²) in [5.41, 5.74) is 5.68. The number of ether oxygens (including phenoxy) is 1. The van der Waals surface area contributed by atoms with Gasteiger partial charge in [-0.25, -0.2) is 4.79 Å². The molecule has 0 heterocycles. The van der Waals surface area contributed by atoms with Gasteiger partial charge in [0.2, 0.25) is 5.91 Å². The third-order valence-electron chi connectivity index (χ3n) is 3.50. The van der Waals surface area contributed by atoms with Gasteiger partial charge in [-0.3, -0.25) is 4.79 Å². The molecule has 1 aliphatic carbocycles. The molecule has 6 heteroatoms. The largest absolute Gasteiger partial charge is 0.462 e. The van der Waals surface area contributed by atoms with E-state index in [-0.39, 0.29) is 17.0 Å². The first-order valence-corrected chi connectivity index (χ1v) is 7.21. The lowest BCUT2D eigenvalue weighted by Gasteiger charge is -2.27. The average Bonchev–Trinajstić information content (AvgIpc) is 2.36. The summed E-state index contributed by atoms with van der Waals surface area (Å²) in [5, 5.41) is 2.47. The van der Waals surface area contributed by atoms with Gasteiger partial charge in [-0.15, -0.1) is 0 Å². The lowest BCUT2D eigenvalue weighted by molar-refractivity contribution is -0.140. The van der Waals surface area contributed by atoms with Crippen LogP contribution in [0.2, 0.25) is 0 Å². The van der Waals surface area contributed by atoms with E-state index in [1.165, 1.54) is 0 Å². The molecule has 112 valence electrons. The van der Waals surface area contributed by atoms with E-state index >= 15 is 0 Å². The zero-order chi connectivity index (χ0) is 15.1. The summed E-state index contributed by atoms with van der Waals surface area (Å²) in [4.78, 5) is 22.8. The van der Waals surface area contributed by atoms with E-state index in [0.717, 1.165) is 25.7 Å². The molecule has 1 amide bonds. The first-order valence-electron chi connectivity index (χ1n) is 6.80. The zero-order valence-corrected chi connectivity index (χ0v) is 12.6. The average molecular weight is 298 g/mol. The molecule has 0 aromatic rings. The van der Waals surface area contributed by atoms with Crippen molar-refractivity contribution in [3.05, 3.63) is 12.2 Å². The van der Waals surface area contributed by atoms with Gasteiger partial charge in [0, 0.05) is 12.0 Å². The highest BCUT2D eigenvalue weighted by atomic mass is 32.1. The Morgan fingerprint density at radius 3 is 2.35 bits per heavy atom. The molecule has 1 fully saturated rings. The Kier molecular flexibility index (Phi) is 6.64. The Balaban J connectivity index is 2.23. The minimum absolute atomic E-state index is 0.0235. The quantitative estimate of drug-likeness (QED) is 0.458. The van der Waals surface area contributed by atoms with Crippen LogP contribution in [0.15, 0.2) is 12.2 Å². The molecule has 0 aromatic carbocycles. The van der Waals surface area contributed by atoms with Crippen molar-refractivity contribution in [3.8, 4) is 0 Å². The Morgan fingerprint density at radius 1 is 1.30 bits per heavy atom. The summed E-state index contributed by atoms with van der Waals surface area (Å²) in [6.07, 6.45) is 4.30. The minimum Gasteiger partial charge on any atom is -0.462 e. The van der Waals surface area contributed by atoms with Crippen LogP contribution < -0.4 is 11.1 Å². The van der Waals surface area contributed by atoms with Crippen LogP contribution in [0.1, 0.15) is 39.0 Å². The van der Waals surface area contributed by atoms with Crippen LogP contribution in [-0.4, -0.2) is 23.6 Å². The van der Waals surface area contributed by atoms with Gasteiger partial charge in [0.25, 0.3) is 0 Å². The van der Waals surface area contributed by atoms with Crippen LogP contribution in [-0.2, 0) is 14.3 Å². The molecule has 0 bridgehead atoms. The molecule has 0 radical (unpaired) electrons. The van der Waals surface area contributed by atoms with E-state index in [1.807, 2.05) is 0 Å². The number of carbonyl (C=O) groups excluding carboxylic acids is 2. The molecule has 0 unspecified atom stereocenters. The van der Waals surface area contributed by atoms with Gasteiger partial charge >= 0.3 is 5.97 Å². The van der Waals surface area contributed by atoms with Crippen LogP contribution in [0.3, 0.4) is 0 Å². The Hall–Kier alpha value is -1.43. The van der Waals surface area contributed by atoms with Crippen molar-refractivity contribution in [2.45, 2.75) is 39.0 Å². The normalized spacial score (nSPS) is 21.9. The highest BCUT2D eigenvalue weighted by Gasteiger charge is 2.24. The molecule has 1 saturated carbocycles. The van der Waals surface area contributed by atoms with E-state index in [9.17, 15) is 9.59 Å². The summed E-state index contributed by atoms with van der Waals surface area (Å²) in [5.74, 6) is 0.295. The van der Waals surface area contributed by atoms with E-state index in [0.29, 0.717) is 30.4 Å². The SMILES string of the molecule is C=C(C)C(=O)OCC1CCC(CC(=O)NC(N)=S)CC1. The highest BCUT2D eigenvalue weighted by Crippen LogP contribution is 2.31. The van der Waals surface area contributed by atoms with Crippen molar-refractivity contribution in [1.29, 1.82) is 0 Å². The molecule has 3 N–H and O–H groups in total. The van der Waals surface area contributed by atoms with Gasteiger partial charge in [-0.2, -0.15) is 0 Å². The van der Waals surface area contributed by atoms with Gasteiger partial charge in [0.15, 0.2) is 5.11 Å². The number of esters is 1. The maximum atomic E-state index is 11.5. The van der Waals surface area contributed by atoms with E-state index in [2.05, 4.69) is 24.1 Å². The molecular formula is C14H22N2O3S. The topological polar surface area (TPSA) is 81.4 Å². The van der Waals surface area contributed by atoms with Crippen molar-refractivity contribution in [2.24, 2.45) is 17.6 Å².